The molecule has 0 bridgehead atoms. The van der Waals surface area contributed by atoms with Gasteiger partial charge in [-0.25, -0.2) is 0 Å². The fourth-order valence-corrected chi connectivity index (χ4v) is 1.69. The van der Waals surface area contributed by atoms with E-state index < -0.39 is 16.9 Å². The standard InChI is InChI=1S/C13H18N2O5/c1-8-7-12(9(2)6-11(8)15(17)18)20-5-4-10(14)13(16)19-3/h6-7,10H,4-5,14H2,1-3H3. The lowest BCUT2D eigenvalue weighted by molar-refractivity contribution is -0.385. The minimum Gasteiger partial charge on any atom is -0.493 e. The van der Waals surface area contributed by atoms with E-state index in [2.05, 4.69) is 4.74 Å². The van der Waals surface area contributed by atoms with Gasteiger partial charge in [0, 0.05) is 18.1 Å². The number of aryl methyl sites for hydroxylation is 2. The highest BCUT2D eigenvalue weighted by Crippen LogP contribution is 2.27. The van der Waals surface area contributed by atoms with E-state index in [4.69, 9.17) is 10.5 Å². The molecule has 1 atom stereocenters. The van der Waals surface area contributed by atoms with Gasteiger partial charge < -0.3 is 15.2 Å². The molecule has 0 saturated carbocycles. The van der Waals surface area contributed by atoms with Crippen LogP contribution in [0.25, 0.3) is 0 Å². The number of carbonyl (C=O) groups excluding carboxylic acids is 1. The molecular formula is C13H18N2O5. The van der Waals surface area contributed by atoms with E-state index in [0.717, 1.165) is 0 Å². The summed E-state index contributed by atoms with van der Waals surface area (Å²) in [5.74, 6) is 0.0513. The number of nitro groups is 1. The summed E-state index contributed by atoms with van der Waals surface area (Å²) in [7, 11) is 1.27. The van der Waals surface area contributed by atoms with E-state index in [1.165, 1.54) is 13.2 Å². The summed E-state index contributed by atoms with van der Waals surface area (Å²) >= 11 is 0. The molecule has 1 aromatic rings. The average Bonchev–Trinajstić information content (AvgIpc) is 2.40. The third-order valence-corrected chi connectivity index (χ3v) is 2.88. The molecule has 0 aliphatic heterocycles. The van der Waals surface area contributed by atoms with Crippen molar-refractivity contribution in [2.75, 3.05) is 13.7 Å². The highest BCUT2D eigenvalue weighted by Gasteiger charge is 2.16. The summed E-state index contributed by atoms with van der Waals surface area (Å²) < 4.78 is 10.0. The molecule has 1 unspecified atom stereocenters. The van der Waals surface area contributed by atoms with E-state index in [1.807, 2.05) is 0 Å². The Balaban J connectivity index is 2.68. The molecule has 0 aliphatic rings. The van der Waals surface area contributed by atoms with E-state index in [0.29, 0.717) is 23.3 Å². The fourth-order valence-electron chi connectivity index (χ4n) is 1.69. The molecule has 0 radical (unpaired) electrons. The first kappa shape index (κ1) is 15.9. The predicted octanol–water partition coefficient (Wildman–Crippen LogP) is 1.48. The zero-order valence-electron chi connectivity index (χ0n) is 11.7. The van der Waals surface area contributed by atoms with Crippen molar-refractivity contribution in [3.05, 3.63) is 33.4 Å². The van der Waals surface area contributed by atoms with Crippen LogP contribution < -0.4 is 10.5 Å². The Morgan fingerprint density at radius 2 is 2.05 bits per heavy atom. The second-order valence-corrected chi connectivity index (χ2v) is 4.43. The monoisotopic (exact) mass is 282 g/mol. The van der Waals surface area contributed by atoms with Gasteiger partial charge >= 0.3 is 5.97 Å². The van der Waals surface area contributed by atoms with Crippen LogP contribution >= 0.6 is 0 Å². The molecular weight excluding hydrogens is 264 g/mol. The van der Waals surface area contributed by atoms with Gasteiger partial charge in [0.2, 0.25) is 0 Å². The van der Waals surface area contributed by atoms with Crippen molar-refractivity contribution in [3.8, 4) is 5.75 Å². The Morgan fingerprint density at radius 1 is 1.40 bits per heavy atom. The molecule has 7 nitrogen and oxygen atoms in total. The Labute approximate surface area is 116 Å². The van der Waals surface area contributed by atoms with Crippen LogP contribution in [0.4, 0.5) is 5.69 Å². The van der Waals surface area contributed by atoms with Crippen molar-refractivity contribution >= 4 is 11.7 Å². The lowest BCUT2D eigenvalue weighted by Gasteiger charge is -2.12. The molecule has 0 spiro atoms. The highest BCUT2D eigenvalue weighted by molar-refractivity contribution is 5.75. The topological polar surface area (TPSA) is 105 Å². The largest absolute Gasteiger partial charge is 0.493 e. The zero-order chi connectivity index (χ0) is 15.3. The average molecular weight is 282 g/mol. The Bertz CT molecular complexity index is 516. The third-order valence-electron chi connectivity index (χ3n) is 2.88. The summed E-state index contributed by atoms with van der Waals surface area (Å²) in [6.07, 6.45) is 0.308. The molecule has 0 aliphatic carbocycles. The Kier molecular flexibility index (Phi) is 5.45. The van der Waals surface area contributed by atoms with Crippen LogP contribution in [-0.4, -0.2) is 30.7 Å². The number of esters is 1. The van der Waals surface area contributed by atoms with Crippen LogP contribution in [0, 0.1) is 24.0 Å². The van der Waals surface area contributed by atoms with Gasteiger partial charge in [-0.15, -0.1) is 0 Å². The first-order chi connectivity index (χ1) is 9.36. The maximum absolute atomic E-state index is 11.1. The molecule has 0 saturated heterocycles. The summed E-state index contributed by atoms with van der Waals surface area (Å²) in [6, 6.07) is 2.33. The van der Waals surface area contributed by atoms with Crippen molar-refractivity contribution in [1.82, 2.24) is 0 Å². The minimum atomic E-state index is -0.737. The van der Waals surface area contributed by atoms with E-state index >= 15 is 0 Å². The van der Waals surface area contributed by atoms with E-state index in [-0.39, 0.29) is 12.3 Å². The van der Waals surface area contributed by atoms with Gasteiger partial charge in [-0.05, 0) is 25.5 Å². The lowest BCUT2D eigenvalue weighted by Crippen LogP contribution is -2.33. The summed E-state index contributed by atoms with van der Waals surface area (Å²) in [6.45, 7) is 3.60. The lowest BCUT2D eigenvalue weighted by atomic mass is 10.1. The van der Waals surface area contributed by atoms with Crippen LogP contribution in [0.15, 0.2) is 12.1 Å². The fraction of sp³-hybridized carbons (Fsp3) is 0.462. The molecule has 0 heterocycles. The summed E-state index contributed by atoms with van der Waals surface area (Å²) in [5, 5.41) is 10.8. The molecule has 20 heavy (non-hydrogen) atoms. The predicted molar refractivity (Wildman–Crippen MR) is 72.7 cm³/mol. The Morgan fingerprint density at radius 3 is 2.60 bits per heavy atom. The molecule has 1 aromatic carbocycles. The van der Waals surface area contributed by atoms with Gasteiger partial charge in [-0.1, -0.05) is 0 Å². The van der Waals surface area contributed by atoms with E-state index in [9.17, 15) is 14.9 Å². The van der Waals surface area contributed by atoms with E-state index in [1.54, 1.807) is 19.9 Å². The highest BCUT2D eigenvalue weighted by atomic mass is 16.6. The molecule has 2 N–H and O–H groups in total. The molecule has 0 amide bonds. The van der Waals surface area contributed by atoms with Gasteiger partial charge in [-0.2, -0.15) is 0 Å². The van der Waals surface area contributed by atoms with Crippen molar-refractivity contribution in [2.24, 2.45) is 5.73 Å². The first-order valence-electron chi connectivity index (χ1n) is 6.08. The second-order valence-electron chi connectivity index (χ2n) is 4.43. The van der Waals surface area contributed by atoms with Crippen LogP contribution in [0.1, 0.15) is 17.5 Å². The van der Waals surface area contributed by atoms with Gasteiger partial charge in [-0.3, -0.25) is 14.9 Å². The van der Waals surface area contributed by atoms with Crippen LogP contribution in [0.2, 0.25) is 0 Å². The van der Waals surface area contributed by atoms with Crippen LogP contribution in [0.3, 0.4) is 0 Å². The number of benzene rings is 1. The number of rotatable bonds is 6. The first-order valence-corrected chi connectivity index (χ1v) is 6.08. The van der Waals surface area contributed by atoms with Crippen molar-refractivity contribution in [2.45, 2.75) is 26.3 Å². The minimum absolute atomic E-state index is 0.0566. The number of ether oxygens (including phenoxy) is 2. The molecule has 1 rings (SSSR count). The van der Waals surface area contributed by atoms with Crippen LogP contribution in [-0.2, 0) is 9.53 Å². The van der Waals surface area contributed by atoms with Crippen molar-refractivity contribution < 1.29 is 19.2 Å². The number of hydrogen-bond acceptors (Lipinski definition) is 6. The summed E-state index contributed by atoms with van der Waals surface area (Å²) in [4.78, 5) is 21.5. The van der Waals surface area contributed by atoms with Crippen molar-refractivity contribution in [1.29, 1.82) is 0 Å². The second kappa shape index (κ2) is 6.85. The number of hydrogen-bond donors (Lipinski definition) is 1. The maximum atomic E-state index is 11.1. The molecule has 0 fully saturated rings. The number of nitrogens with two attached hydrogens (primary N) is 1. The molecule has 110 valence electrons. The number of nitrogens with zero attached hydrogens (tertiary/aromatic N) is 1. The number of nitro benzene ring substituents is 1. The SMILES string of the molecule is COC(=O)C(N)CCOc1cc(C)c([N+](=O)[O-])cc1C. The van der Waals surface area contributed by atoms with Crippen molar-refractivity contribution in [3.63, 3.8) is 0 Å². The summed E-state index contributed by atoms with van der Waals surface area (Å²) in [5.41, 5.74) is 6.82. The molecule has 7 heteroatoms. The maximum Gasteiger partial charge on any atom is 0.322 e. The van der Waals surface area contributed by atoms with Gasteiger partial charge in [0.1, 0.15) is 11.8 Å². The quantitative estimate of drug-likeness (QED) is 0.481. The van der Waals surface area contributed by atoms with Crippen LogP contribution in [0.5, 0.6) is 5.75 Å². The van der Waals surface area contributed by atoms with Gasteiger partial charge in [0.25, 0.3) is 5.69 Å². The Hall–Kier alpha value is -2.15. The normalized spacial score (nSPS) is 11.8. The number of carbonyl (C=O) groups is 1. The van der Waals surface area contributed by atoms with Gasteiger partial charge in [0.05, 0.1) is 18.6 Å². The zero-order valence-corrected chi connectivity index (χ0v) is 11.7. The van der Waals surface area contributed by atoms with Gasteiger partial charge in [0.15, 0.2) is 0 Å². The third kappa shape index (κ3) is 3.92. The number of methoxy groups -OCH3 is 1. The molecule has 0 aromatic heterocycles. The smallest absolute Gasteiger partial charge is 0.322 e.